The summed E-state index contributed by atoms with van der Waals surface area (Å²) >= 11 is 1.46. The summed E-state index contributed by atoms with van der Waals surface area (Å²) in [5, 5.41) is 11.3. The van der Waals surface area contributed by atoms with Crippen molar-refractivity contribution in [2.24, 2.45) is 0 Å². The quantitative estimate of drug-likeness (QED) is 0.840. The number of rotatable bonds is 3. The average Bonchev–Trinajstić information content (AvgIpc) is 3.07. The number of thiazole rings is 1. The minimum atomic E-state index is -0.794. The van der Waals surface area contributed by atoms with Crippen molar-refractivity contribution in [3.05, 3.63) is 27.9 Å². The van der Waals surface area contributed by atoms with E-state index in [0.29, 0.717) is 5.76 Å². The van der Waals surface area contributed by atoms with E-state index in [-0.39, 0.29) is 17.3 Å². The van der Waals surface area contributed by atoms with Gasteiger partial charge < -0.3 is 9.84 Å². The van der Waals surface area contributed by atoms with Crippen LogP contribution in [0.2, 0.25) is 0 Å². The molecule has 0 fully saturated rings. The number of aromatic nitrogens is 2. The Morgan fingerprint density at radius 1 is 1.30 bits per heavy atom. The number of amides is 2. The second kappa shape index (κ2) is 6.49. The third kappa shape index (κ3) is 4.38. The molecule has 2 amide bonds. The van der Waals surface area contributed by atoms with E-state index in [2.05, 4.69) is 41.5 Å². The predicted octanol–water partition coefficient (Wildman–Crippen LogP) is 2.55. The fraction of sp³-hybridized carbons (Fsp3) is 0.467. The molecule has 0 aromatic carbocycles. The molecule has 2 rings (SSSR count). The van der Waals surface area contributed by atoms with Crippen LogP contribution in [0, 0.1) is 6.92 Å². The lowest BCUT2D eigenvalue weighted by atomic mass is 9.93. The number of hydrogen-bond donors (Lipinski definition) is 2. The van der Waals surface area contributed by atoms with Crippen LogP contribution in [0.4, 0.5) is 5.82 Å². The number of carbonyl (C=O) groups excluding carboxylic acids is 2. The molecule has 2 aromatic rings. The van der Waals surface area contributed by atoms with Crippen molar-refractivity contribution in [3.8, 4) is 0 Å². The van der Waals surface area contributed by atoms with Crippen LogP contribution in [0.15, 0.2) is 16.0 Å². The number of anilines is 1. The highest BCUT2D eigenvalue weighted by Crippen LogP contribution is 2.26. The summed E-state index contributed by atoms with van der Waals surface area (Å²) in [6.45, 7) is 9.70. The lowest BCUT2D eigenvalue weighted by molar-refractivity contribution is -0.136. The van der Waals surface area contributed by atoms with E-state index >= 15 is 0 Å². The molecule has 7 nitrogen and oxygen atoms in total. The Balaban J connectivity index is 1.96. The Bertz CT molecular complexity index is 714. The highest BCUT2D eigenvalue weighted by molar-refractivity contribution is 7.09. The van der Waals surface area contributed by atoms with Crippen LogP contribution in [0.25, 0.3) is 0 Å². The largest absolute Gasteiger partial charge is 0.360 e. The number of hydrogen-bond acceptors (Lipinski definition) is 6. The molecule has 0 aliphatic rings. The fourth-order valence-electron chi connectivity index (χ4n) is 1.75. The van der Waals surface area contributed by atoms with Gasteiger partial charge in [-0.2, -0.15) is 0 Å². The monoisotopic (exact) mass is 336 g/mol. The van der Waals surface area contributed by atoms with Gasteiger partial charge in [-0.05, 0) is 13.8 Å². The first-order valence-electron chi connectivity index (χ1n) is 7.18. The highest BCUT2D eigenvalue weighted by atomic mass is 32.1. The Hall–Kier alpha value is -2.22. The third-order valence-electron chi connectivity index (χ3n) is 3.08. The summed E-state index contributed by atoms with van der Waals surface area (Å²) in [6.07, 6.45) is 0. The minimum absolute atomic E-state index is 0.0549. The average molecular weight is 336 g/mol. The molecule has 2 heterocycles. The first-order chi connectivity index (χ1) is 10.7. The van der Waals surface area contributed by atoms with Crippen LogP contribution >= 0.6 is 11.3 Å². The molecular formula is C15H20N4O3S. The van der Waals surface area contributed by atoms with Crippen LogP contribution in [0.1, 0.15) is 50.2 Å². The van der Waals surface area contributed by atoms with Gasteiger partial charge in [-0.15, -0.1) is 11.3 Å². The zero-order valence-electron chi connectivity index (χ0n) is 13.8. The summed E-state index contributed by atoms with van der Waals surface area (Å²) < 4.78 is 4.83. The maximum atomic E-state index is 11.9. The van der Waals surface area contributed by atoms with Crippen molar-refractivity contribution in [1.82, 2.24) is 15.5 Å². The van der Waals surface area contributed by atoms with Crippen LogP contribution < -0.4 is 10.6 Å². The molecule has 2 N–H and O–H groups in total. The molecule has 0 aliphatic heterocycles. The van der Waals surface area contributed by atoms with E-state index in [4.69, 9.17) is 4.52 Å². The van der Waals surface area contributed by atoms with E-state index < -0.39 is 11.8 Å². The van der Waals surface area contributed by atoms with Crippen LogP contribution in [-0.2, 0) is 15.0 Å². The van der Waals surface area contributed by atoms with Gasteiger partial charge in [0, 0.05) is 16.9 Å². The van der Waals surface area contributed by atoms with Crippen molar-refractivity contribution >= 4 is 29.0 Å². The van der Waals surface area contributed by atoms with E-state index in [1.165, 1.54) is 17.4 Å². The minimum Gasteiger partial charge on any atom is -0.360 e. The SMILES string of the molecule is Cc1cc(NC(=O)C(=O)N[C@@H](C)c2nc(C(C)(C)C)cs2)no1. The molecular weight excluding hydrogens is 316 g/mol. The maximum absolute atomic E-state index is 11.9. The fourth-order valence-corrected chi connectivity index (χ4v) is 2.81. The maximum Gasteiger partial charge on any atom is 0.314 e. The second-order valence-corrected chi connectivity index (χ2v) is 7.18. The van der Waals surface area contributed by atoms with Gasteiger partial charge in [0.2, 0.25) is 0 Å². The zero-order chi connectivity index (χ0) is 17.2. The van der Waals surface area contributed by atoms with Crippen LogP contribution in [0.5, 0.6) is 0 Å². The summed E-state index contributed by atoms with van der Waals surface area (Å²) in [7, 11) is 0. The molecule has 0 saturated carbocycles. The molecule has 1 atom stereocenters. The van der Waals surface area contributed by atoms with Crippen LogP contribution in [-0.4, -0.2) is 22.0 Å². The molecule has 23 heavy (non-hydrogen) atoms. The Morgan fingerprint density at radius 2 is 2.00 bits per heavy atom. The standard InChI is InChI=1S/C15H20N4O3S/c1-8-6-11(19-22-8)18-13(21)12(20)16-9(2)14-17-10(7-23-14)15(3,4)5/h6-7,9H,1-5H3,(H,16,20)(H,18,19,21)/t9-/m0/s1. The molecule has 0 spiro atoms. The van der Waals surface area contributed by atoms with E-state index in [9.17, 15) is 9.59 Å². The Labute approximate surface area is 138 Å². The molecule has 2 aromatic heterocycles. The smallest absolute Gasteiger partial charge is 0.314 e. The second-order valence-electron chi connectivity index (χ2n) is 6.29. The van der Waals surface area contributed by atoms with Crippen molar-refractivity contribution < 1.29 is 14.1 Å². The van der Waals surface area contributed by atoms with E-state index in [1.54, 1.807) is 13.8 Å². The topological polar surface area (TPSA) is 97.1 Å². The molecule has 0 radical (unpaired) electrons. The van der Waals surface area contributed by atoms with Crippen molar-refractivity contribution in [2.45, 2.75) is 46.1 Å². The third-order valence-corrected chi connectivity index (χ3v) is 4.11. The van der Waals surface area contributed by atoms with Crippen molar-refractivity contribution in [3.63, 3.8) is 0 Å². The predicted molar refractivity (Wildman–Crippen MR) is 87.2 cm³/mol. The van der Waals surface area contributed by atoms with Gasteiger partial charge in [-0.25, -0.2) is 4.98 Å². The van der Waals surface area contributed by atoms with Gasteiger partial charge in [0.15, 0.2) is 5.82 Å². The van der Waals surface area contributed by atoms with Crippen LogP contribution in [0.3, 0.4) is 0 Å². The van der Waals surface area contributed by atoms with Crippen molar-refractivity contribution in [1.29, 1.82) is 0 Å². The summed E-state index contributed by atoms with van der Waals surface area (Å²) in [5.41, 5.74) is 0.904. The van der Waals surface area contributed by atoms with E-state index in [1.807, 2.05) is 5.38 Å². The number of nitrogens with one attached hydrogen (secondary N) is 2. The number of nitrogens with zero attached hydrogens (tertiary/aromatic N) is 2. The highest BCUT2D eigenvalue weighted by Gasteiger charge is 2.22. The molecule has 0 bridgehead atoms. The number of aryl methyl sites for hydroxylation is 1. The molecule has 124 valence electrons. The Morgan fingerprint density at radius 3 is 2.52 bits per heavy atom. The normalized spacial score (nSPS) is 12.7. The first-order valence-corrected chi connectivity index (χ1v) is 8.06. The zero-order valence-corrected chi connectivity index (χ0v) is 14.6. The summed E-state index contributed by atoms with van der Waals surface area (Å²) in [5.74, 6) is -0.783. The summed E-state index contributed by atoms with van der Waals surface area (Å²) in [6, 6.07) is 1.18. The number of carbonyl (C=O) groups is 2. The van der Waals surface area contributed by atoms with Gasteiger partial charge in [-0.1, -0.05) is 25.9 Å². The van der Waals surface area contributed by atoms with Gasteiger partial charge in [0.25, 0.3) is 0 Å². The van der Waals surface area contributed by atoms with Gasteiger partial charge >= 0.3 is 11.8 Å². The lowest BCUT2D eigenvalue weighted by Crippen LogP contribution is -2.37. The Kier molecular flexibility index (Phi) is 4.84. The molecule has 0 unspecified atom stereocenters. The summed E-state index contributed by atoms with van der Waals surface area (Å²) in [4.78, 5) is 28.3. The van der Waals surface area contributed by atoms with E-state index in [0.717, 1.165) is 10.7 Å². The molecule has 0 aliphatic carbocycles. The molecule has 8 heteroatoms. The lowest BCUT2D eigenvalue weighted by Gasteiger charge is -2.15. The first kappa shape index (κ1) is 17.1. The van der Waals surface area contributed by atoms with Gasteiger partial charge in [-0.3, -0.25) is 14.9 Å². The molecule has 0 saturated heterocycles. The van der Waals surface area contributed by atoms with Gasteiger partial charge in [0.1, 0.15) is 10.8 Å². The van der Waals surface area contributed by atoms with Gasteiger partial charge in [0.05, 0.1) is 11.7 Å². The van der Waals surface area contributed by atoms with Crippen molar-refractivity contribution in [2.75, 3.05) is 5.32 Å².